The molecule has 2 N–H and O–H groups in total. The largest absolute Gasteiger partial charge is 0.508 e. The van der Waals surface area contributed by atoms with Crippen molar-refractivity contribution in [1.29, 1.82) is 0 Å². The van der Waals surface area contributed by atoms with Gasteiger partial charge in [-0.05, 0) is 61.8 Å². The second-order valence-corrected chi connectivity index (χ2v) is 10.4. The van der Waals surface area contributed by atoms with Crippen LogP contribution in [-0.4, -0.2) is 54.2 Å². The number of hydrogen-bond donors (Lipinski definition) is 2. The molecule has 1 heterocycles. The van der Waals surface area contributed by atoms with Crippen molar-refractivity contribution in [2.75, 3.05) is 20.1 Å². The van der Waals surface area contributed by atoms with Crippen LogP contribution in [0.25, 0.3) is 0 Å². The summed E-state index contributed by atoms with van der Waals surface area (Å²) < 4.78 is 5.83. The lowest BCUT2D eigenvalue weighted by molar-refractivity contribution is -0.157. The summed E-state index contributed by atoms with van der Waals surface area (Å²) in [5.41, 5.74) is 1.47. The van der Waals surface area contributed by atoms with Crippen LogP contribution in [0.5, 0.6) is 5.75 Å². The number of carbonyl (C=O) groups is 2. The summed E-state index contributed by atoms with van der Waals surface area (Å²) in [6.07, 6.45) is 1.93. The molecule has 6 nitrogen and oxygen atoms in total. The molecule has 0 radical (unpaired) electrons. The number of esters is 1. The van der Waals surface area contributed by atoms with Gasteiger partial charge in [-0.15, -0.1) is 0 Å². The van der Waals surface area contributed by atoms with E-state index in [1.165, 1.54) is 6.92 Å². The van der Waals surface area contributed by atoms with Crippen LogP contribution in [0.3, 0.4) is 0 Å². The quantitative estimate of drug-likeness (QED) is 0.592. The Hall–Kier alpha value is -2.28. The highest BCUT2D eigenvalue weighted by molar-refractivity contribution is 6.42. The Balaban J connectivity index is 1.61. The van der Waals surface area contributed by atoms with Crippen molar-refractivity contribution in [1.82, 2.24) is 10.2 Å². The molecule has 3 unspecified atom stereocenters. The van der Waals surface area contributed by atoms with E-state index in [1.807, 2.05) is 18.2 Å². The molecule has 0 aromatic heterocycles. The molecule has 1 aliphatic heterocycles. The number of carbonyl (C=O) groups excluding carboxylic acids is 2. The molecule has 1 aliphatic carbocycles. The smallest absolute Gasteiger partial charge is 0.302 e. The monoisotopic (exact) mass is 504 g/mol. The summed E-state index contributed by atoms with van der Waals surface area (Å²) in [6, 6.07) is 12.3. The minimum absolute atomic E-state index is 0.0557. The van der Waals surface area contributed by atoms with Crippen LogP contribution in [-0.2, 0) is 26.2 Å². The van der Waals surface area contributed by atoms with E-state index in [4.69, 9.17) is 27.9 Å². The van der Waals surface area contributed by atoms with Crippen LogP contribution >= 0.6 is 23.2 Å². The van der Waals surface area contributed by atoms with Crippen LogP contribution in [0.4, 0.5) is 0 Å². The number of hydrogen-bond acceptors (Lipinski definition) is 5. The van der Waals surface area contributed by atoms with Gasteiger partial charge in [0.2, 0.25) is 5.91 Å². The zero-order valence-electron chi connectivity index (χ0n) is 19.4. The lowest BCUT2D eigenvalue weighted by Crippen LogP contribution is -2.61. The first-order valence-corrected chi connectivity index (χ1v) is 12.3. The molecule has 2 aliphatic rings. The molecular weight excluding hydrogens is 475 g/mol. The summed E-state index contributed by atoms with van der Waals surface area (Å²) in [4.78, 5) is 27.2. The predicted molar refractivity (Wildman–Crippen MR) is 132 cm³/mol. The van der Waals surface area contributed by atoms with Crippen molar-refractivity contribution in [2.24, 2.45) is 5.92 Å². The fourth-order valence-corrected chi connectivity index (χ4v) is 6.05. The Morgan fingerprint density at radius 2 is 2.00 bits per heavy atom. The molecule has 1 saturated carbocycles. The molecular formula is C26H30Cl2N2O4. The number of phenols is 1. The van der Waals surface area contributed by atoms with Crippen molar-refractivity contribution in [3.05, 3.63) is 63.6 Å². The third-order valence-corrected chi connectivity index (χ3v) is 7.93. The molecule has 0 bridgehead atoms. The van der Waals surface area contributed by atoms with E-state index in [-0.39, 0.29) is 47.5 Å². The molecule has 1 amide bonds. The van der Waals surface area contributed by atoms with E-state index >= 15 is 0 Å². The standard InChI is InChI=1S/C26H30Cl2N2O4/c1-16(31)34-24-13-19(29-25(33)11-17-6-7-22(27)23(28)10-17)14-26(8-9-30(2)15-21(24)26)18-4-3-5-20(32)12-18/h3-7,10,12,19,21,24,32H,8-9,11,13-15H2,1-2H3,(H,29,33)/t19-,21?,24?,26?/m0/s1. The van der Waals surface area contributed by atoms with Crippen molar-refractivity contribution < 1.29 is 19.4 Å². The van der Waals surface area contributed by atoms with Crippen LogP contribution in [0.1, 0.15) is 37.3 Å². The van der Waals surface area contributed by atoms with Gasteiger partial charge in [-0.1, -0.05) is 41.4 Å². The van der Waals surface area contributed by atoms with Gasteiger partial charge in [-0.3, -0.25) is 9.59 Å². The van der Waals surface area contributed by atoms with E-state index in [0.29, 0.717) is 22.9 Å². The van der Waals surface area contributed by atoms with E-state index in [9.17, 15) is 14.7 Å². The van der Waals surface area contributed by atoms with Crippen molar-refractivity contribution in [3.8, 4) is 5.75 Å². The lowest BCUT2D eigenvalue weighted by atomic mass is 9.57. The van der Waals surface area contributed by atoms with Gasteiger partial charge in [0.05, 0.1) is 16.5 Å². The topological polar surface area (TPSA) is 78.9 Å². The maximum Gasteiger partial charge on any atom is 0.302 e. The third kappa shape index (κ3) is 5.35. The van der Waals surface area contributed by atoms with Gasteiger partial charge in [0.15, 0.2) is 0 Å². The first-order chi connectivity index (χ1) is 16.2. The minimum Gasteiger partial charge on any atom is -0.508 e. The molecule has 2 fully saturated rings. The zero-order chi connectivity index (χ0) is 24.5. The number of ether oxygens (including phenoxy) is 1. The van der Waals surface area contributed by atoms with Gasteiger partial charge in [0.25, 0.3) is 0 Å². The molecule has 4 rings (SSSR count). The van der Waals surface area contributed by atoms with Gasteiger partial charge >= 0.3 is 5.97 Å². The van der Waals surface area contributed by atoms with Crippen LogP contribution in [0, 0.1) is 5.92 Å². The highest BCUT2D eigenvalue weighted by Crippen LogP contribution is 2.50. The van der Waals surface area contributed by atoms with Gasteiger partial charge in [-0.2, -0.15) is 0 Å². The Kier molecular flexibility index (Phi) is 7.41. The number of nitrogens with zero attached hydrogens (tertiary/aromatic N) is 1. The Bertz CT molecular complexity index is 1080. The number of piperidine rings is 1. The molecule has 34 heavy (non-hydrogen) atoms. The SMILES string of the molecule is CC(=O)OC1C[C@H](NC(=O)Cc2ccc(Cl)c(Cl)c2)CC2(c3cccc(O)c3)CCN(C)CC12. The fraction of sp³-hybridized carbons (Fsp3) is 0.462. The van der Waals surface area contributed by atoms with E-state index in [2.05, 4.69) is 17.3 Å². The number of halogens is 2. The highest BCUT2D eigenvalue weighted by Gasteiger charge is 2.53. The number of amides is 1. The average Bonchev–Trinajstić information content (AvgIpc) is 2.76. The fourth-order valence-electron chi connectivity index (χ4n) is 5.73. The molecule has 4 atom stereocenters. The maximum atomic E-state index is 13.0. The lowest BCUT2D eigenvalue weighted by Gasteiger charge is -2.55. The highest BCUT2D eigenvalue weighted by atomic mass is 35.5. The molecule has 2 aromatic carbocycles. The van der Waals surface area contributed by atoms with Crippen LogP contribution in [0.15, 0.2) is 42.5 Å². The predicted octanol–water partition coefficient (Wildman–Crippen LogP) is 4.34. The first-order valence-electron chi connectivity index (χ1n) is 11.5. The van der Waals surface area contributed by atoms with Crippen molar-refractivity contribution in [3.63, 3.8) is 0 Å². The summed E-state index contributed by atoms with van der Waals surface area (Å²) in [5, 5.41) is 14.3. The normalized spacial score (nSPS) is 27.0. The van der Waals surface area contributed by atoms with Crippen LogP contribution in [0.2, 0.25) is 10.0 Å². The molecule has 182 valence electrons. The van der Waals surface area contributed by atoms with Crippen molar-refractivity contribution >= 4 is 35.1 Å². The summed E-state index contributed by atoms with van der Waals surface area (Å²) in [6.45, 7) is 3.08. The van der Waals surface area contributed by atoms with Crippen molar-refractivity contribution in [2.45, 2.75) is 50.2 Å². The number of phenolic OH excluding ortho intramolecular Hbond substituents is 1. The number of fused-ring (bicyclic) bond motifs is 1. The average molecular weight is 505 g/mol. The number of nitrogens with one attached hydrogen (secondary N) is 1. The van der Waals surface area contributed by atoms with Crippen LogP contribution < -0.4 is 5.32 Å². The van der Waals surface area contributed by atoms with Gasteiger partial charge in [0.1, 0.15) is 11.9 Å². The Morgan fingerprint density at radius 1 is 1.21 bits per heavy atom. The summed E-state index contributed by atoms with van der Waals surface area (Å²) in [7, 11) is 2.07. The van der Waals surface area contributed by atoms with E-state index < -0.39 is 0 Å². The Morgan fingerprint density at radius 3 is 2.71 bits per heavy atom. The molecule has 8 heteroatoms. The second-order valence-electron chi connectivity index (χ2n) is 9.60. The number of likely N-dealkylation sites (tertiary alicyclic amines) is 1. The molecule has 1 saturated heterocycles. The van der Waals surface area contributed by atoms with Gasteiger partial charge in [-0.25, -0.2) is 0 Å². The molecule has 2 aromatic rings. The minimum atomic E-state index is -0.341. The first kappa shape index (κ1) is 24.8. The third-order valence-electron chi connectivity index (χ3n) is 7.19. The number of benzene rings is 2. The van der Waals surface area contributed by atoms with Gasteiger partial charge < -0.3 is 20.1 Å². The number of aromatic hydroxyl groups is 1. The molecule has 0 spiro atoms. The summed E-state index contributed by atoms with van der Waals surface area (Å²) in [5.74, 6) is -0.187. The van der Waals surface area contributed by atoms with E-state index in [0.717, 1.165) is 30.6 Å². The summed E-state index contributed by atoms with van der Waals surface area (Å²) >= 11 is 12.1. The number of rotatable bonds is 5. The Labute approximate surface area is 210 Å². The zero-order valence-corrected chi connectivity index (χ0v) is 20.9. The maximum absolute atomic E-state index is 13.0. The van der Waals surface area contributed by atoms with Gasteiger partial charge in [0, 0.05) is 37.3 Å². The second kappa shape index (κ2) is 10.1. The van der Waals surface area contributed by atoms with E-state index in [1.54, 1.807) is 24.3 Å².